The van der Waals surface area contributed by atoms with Gasteiger partial charge in [-0.05, 0) is 49.2 Å². The average molecular weight is 508 g/mol. The van der Waals surface area contributed by atoms with Crippen LogP contribution in [0.5, 0.6) is 0 Å². The third-order valence-corrected chi connectivity index (χ3v) is 6.68. The minimum Gasteiger partial charge on any atom is -0.340 e. The van der Waals surface area contributed by atoms with E-state index in [1.807, 2.05) is 54.8 Å². The van der Waals surface area contributed by atoms with E-state index in [0.717, 1.165) is 32.7 Å². The molecule has 0 saturated heterocycles. The molecule has 0 atom stereocenters. The number of carbonyl (C=O) groups is 1. The molecule has 5 rings (SSSR count). The van der Waals surface area contributed by atoms with Gasteiger partial charge in [0.1, 0.15) is 0 Å². The van der Waals surface area contributed by atoms with Crippen LogP contribution >= 0.6 is 11.6 Å². The fourth-order valence-corrected chi connectivity index (χ4v) is 4.76. The first-order valence-corrected chi connectivity index (χ1v) is 11.6. The highest BCUT2D eigenvalue weighted by molar-refractivity contribution is 6.34. The number of anilines is 1. The maximum Gasteiger partial charge on any atom is 0.435 e. The van der Waals surface area contributed by atoms with Gasteiger partial charge in [-0.25, -0.2) is 0 Å². The largest absolute Gasteiger partial charge is 0.435 e. The molecule has 36 heavy (non-hydrogen) atoms. The Balaban J connectivity index is 1.70. The smallest absolute Gasteiger partial charge is 0.340 e. The lowest BCUT2D eigenvalue weighted by atomic mass is 10.0. The maximum absolute atomic E-state index is 14.0. The molecular weight excluding hydrogens is 487 g/mol. The summed E-state index contributed by atoms with van der Waals surface area (Å²) in [6, 6.07) is 21.2. The molecule has 0 aliphatic carbocycles. The Morgan fingerprint density at radius 1 is 0.944 bits per heavy atom. The Bertz CT molecular complexity index is 1550. The van der Waals surface area contributed by atoms with Crippen molar-refractivity contribution in [1.82, 2.24) is 4.57 Å². The lowest BCUT2D eigenvalue weighted by Crippen LogP contribution is -2.25. The molecule has 1 aliphatic heterocycles. The summed E-state index contributed by atoms with van der Waals surface area (Å²) in [4.78, 5) is 13.2. The Morgan fingerprint density at radius 3 is 2.33 bits per heavy atom. The Kier molecular flexibility index (Phi) is 5.96. The van der Waals surface area contributed by atoms with E-state index in [0.29, 0.717) is 17.1 Å². The van der Waals surface area contributed by atoms with Gasteiger partial charge in [0, 0.05) is 28.2 Å². The first-order chi connectivity index (χ1) is 17.2. The second kappa shape index (κ2) is 8.99. The van der Waals surface area contributed by atoms with Gasteiger partial charge in [-0.2, -0.15) is 23.3 Å². The van der Waals surface area contributed by atoms with Crippen molar-refractivity contribution in [2.24, 2.45) is 5.10 Å². The van der Waals surface area contributed by atoms with E-state index in [1.165, 1.54) is 6.08 Å². The summed E-state index contributed by atoms with van der Waals surface area (Å²) < 4.78 is 44.1. The quantitative estimate of drug-likeness (QED) is 0.267. The van der Waals surface area contributed by atoms with Crippen molar-refractivity contribution >= 4 is 45.9 Å². The van der Waals surface area contributed by atoms with Crippen LogP contribution in [0.4, 0.5) is 18.9 Å². The monoisotopic (exact) mass is 507 g/mol. The number of carbonyl (C=O) groups excluding carboxylic acids is 1. The number of hydrogen-bond acceptors (Lipinski definition) is 2. The Hall–Kier alpha value is -3.84. The molecule has 4 nitrogen and oxygen atoms in total. The molecule has 0 fully saturated rings. The number of benzene rings is 3. The first-order valence-electron chi connectivity index (χ1n) is 11.3. The van der Waals surface area contributed by atoms with E-state index in [1.54, 1.807) is 36.4 Å². The highest BCUT2D eigenvalue weighted by Gasteiger charge is 2.47. The third kappa shape index (κ3) is 4.09. The summed E-state index contributed by atoms with van der Waals surface area (Å²) in [6.07, 6.45) is -3.48. The standard InChI is InChI=1S/C28H21ClF3N3O/c1-17-9-8-13-21-22(18(2)34(25(17)21)16-19-10-6-7-14-24(19)29)15-23-26(28(30,31)32)33-35(27(23)36)20-11-4-3-5-12-20/h3-15H,16H2,1-2H3/b23-15+. The van der Waals surface area contributed by atoms with Gasteiger partial charge in [-0.1, -0.05) is 66.2 Å². The van der Waals surface area contributed by atoms with Crippen LogP contribution in [0.3, 0.4) is 0 Å². The minimum absolute atomic E-state index is 0.265. The van der Waals surface area contributed by atoms with Gasteiger partial charge in [0.2, 0.25) is 0 Å². The molecule has 0 spiro atoms. The number of hydrazone groups is 1. The number of aromatic nitrogens is 1. The van der Waals surface area contributed by atoms with Gasteiger partial charge in [0.25, 0.3) is 5.91 Å². The minimum atomic E-state index is -4.80. The lowest BCUT2D eigenvalue weighted by molar-refractivity contribution is -0.114. The second-order valence-corrected chi connectivity index (χ2v) is 9.01. The highest BCUT2D eigenvalue weighted by atomic mass is 35.5. The molecule has 3 aromatic carbocycles. The Labute approximate surface area is 210 Å². The summed E-state index contributed by atoms with van der Waals surface area (Å²) in [5, 5.41) is 5.84. The van der Waals surface area contributed by atoms with Crippen LogP contribution in [-0.4, -0.2) is 22.4 Å². The van der Waals surface area contributed by atoms with Gasteiger partial charge >= 0.3 is 6.18 Å². The van der Waals surface area contributed by atoms with Crippen molar-refractivity contribution in [3.8, 4) is 0 Å². The number of fused-ring (bicyclic) bond motifs is 1. The van der Waals surface area contributed by atoms with Crippen LogP contribution in [0.2, 0.25) is 5.02 Å². The molecule has 2 heterocycles. The number of aryl methyl sites for hydroxylation is 1. The van der Waals surface area contributed by atoms with Gasteiger partial charge < -0.3 is 4.57 Å². The van der Waals surface area contributed by atoms with Gasteiger partial charge in [0.15, 0.2) is 5.71 Å². The topological polar surface area (TPSA) is 37.6 Å². The lowest BCUT2D eigenvalue weighted by Gasteiger charge is -2.12. The maximum atomic E-state index is 14.0. The first kappa shape index (κ1) is 23.9. The van der Waals surface area contributed by atoms with Crippen LogP contribution < -0.4 is 5.01 Å². The summed E-state index contributed by atoms with van der Waals surface area (Å²) >= 11 is 6.41. The van der Waals surface area contributed by atoms with Gasteiger partial charge in [-0.3, -0.25) is 4.79 Å². The molecule has 4 aromatic rings. The van der Waals surface area contributed by atoms with E-state index >= 15 is 0 Å². The molecule has 8 heteroatoms. The molecule has 0 N–H and O–H groups in total. The zero-order valence-corrected chi connectivity index (χ0v) is 20.2. The number of halogens is 4. The van der Waals surface area contributed by atoms with Crippen molar-refractivity contribution in [3.63, 3.8) is 0 Å². The molecule has 182 valence electrons. The number of para-hydroxylation sites is 2. The van der Waals surface area contributed by atoms with E-state index in [9.17, 15) is 18.0 Å². The van der Waals surface area contributed by atoms with Gasteiger partial charge in [-0.15, -0.1) is 0 Å². The molecule has 0 saturated carbocycles. The predicted molar refractivity (Wildman–Crippen MR) is 137 cm³/mol. The zero-order chi connectivity index (χ0) is 25.6. The molecule has 0 bridgehead atoms. The number of rotatable bonds is 4. The molecule has 1 aromatic heterocycles. The van der Waals surface area contributed by atoms with Crippen molar-refractivity contribution < 1.29 is 18.0 Å². The van der Waals surface area contributed by atoms with Crippen molar-refractivity contribution in [3.05, 3.63) is 106 Å². The van der Waals surface area contributed by atoms with Crippen LogP contribution in [0.15, 0.2) is 83.5 Å². The summed E-state index contributed by atoms with van der Waals surface area (Å²) in [5.41, 5.74) is 2.53. The van der Waals surface area contributed by atoms with Gasteiger partial charge in [0.05, 0.1) is 16.8 Å². The number of amides is 1. The number of nitrogens with zero attached hydrogens (tertiary/aromatic N) is 3. The molecule has 1 aliphatic rings. The summed E-state index contributed by atoms with van der Waals surface area (Å²) in [5.74, 6) is -0.826. The molecule has 1 amide bonds. The molecule has 0 unspecified atom stereocenters. The third-order valence-electron chi connectivity index (χ3n) is 6.31. The van der Waals surface area contributed by atoms with E-state index in [2.05, 4.69) is 5.10 Å². The zero-order valence-electron chi connectivity index (χ0n) is 19.5. The van der Waals surface area contributed by atoms with E-state index in [4.69, 9.17) is 11.6 Å². The number of alkyl halides is 3. The molecule has 0 radical (unpaired) electrons. The Morgan fingerprint density at radius 2 is 1.64 bits per heavy atom. The summed E-state index contributed by atoms with van der Waals surface area (Å²) in [7, 11) is 0. The fraction of sp³-hybridized carbons (Fsp3) is 0.143. The van der Waals surface area contributed by atoms with E-state index < -0.39 is 23.4 Å². The van der Waals surface area contributed by atoms with E-state index in [-0.39, 0.29) is 5.69 Å². The number of hydrogen-bond donors (Lipinski definition) is 0. The van der Waals surface area contributed by atoms with Crippen molar-refractivity contribution in [2.75, 3.05) is 5.01 Å². The predicted octanol–water partition coefficient (Wildman–Crippen LogP) is 7.31. The fourth-order valence-electron chi connectivity index (χ4n) is 4.56. The molecular formula is C28H21ClF3N3O. The van der Waals surface area contributed by atoms with Crippen LogP contribution in [0, 0.1) is 13.8 Å². The van der Waals surface area contributed by atoms with Crippen LogP contribution in [-0.2, 0) is 11.3 Å². The second-order valence-electron chi connectivity index (χ2n) is 8.60. The normalized spacial score (nSPS) is 15.3. The van der Waals surface area contributed by atoms with Crippen LogP contribution in [0.1, 0.15) is 22.4 Å². The SMILES string of the molecule is Cc1cccc2c(/C=C3/C(=O)N(c4ccccc4)N=C3C(F)(F)F)c(C)n(Cc3ccccc3Cl)c12. The highest BCUT2D eigenvalue weighted by Crippen LogP contribution is 2.36. The van der Waals surface area contributed by atoms with Crippen molar-refractivity contribution in [1.29, 1.82) is 0 Å². The van der Waals surface area contributed by atoms with Crippen LogP contribution in [0.25, 0.3) is 17.0 Å². The summed E-state index contributed by atoms with van der Waals surface area (Å²) in [6.45, 7) is 4.21. The average Bonchev–Trinajstić information content (AvgIpc) is 3.32. The van der Waals surface area contributed by atoms with Crippen molar-refractivity contribution in [2.45, 2.75) is 26.6 Å².